The second kappa shape index (κ2) is 5.62. The maximum atomic E-state index is 8.66. The molecule has 1 aromatic rings. The highest BCUT2D eigenvalue weighted by atomic mass is 15.2. The summed E-state index contributed by atoms with van der Waals surface area (Å²) in [7, 11) is 0. The largest absolute Gasteiger partial charge is 0.293 e. The van der Waals surface area contributed by atoms with Crippen molar-refractivity contribution in [2.45, 2.75) is 39.3 Å². The standard InChI is InChI=1S/C13H19N3/c1-13(2,3)16(9-5-7-14)11-12-6-4-8-15-10-12/h4,6,8,10H,5,9,11H2,1-3H3. The Morgan fingerprint density at radius 3 is 2.69 bits per heavy atom. The molecule has 0 aliphatic heterocycles. The van der Waals surface area contributed by atoms with Crippen LogP contribution in [0.25, 0.3) is 0 Å². The van der Waals surface area contributed by atoms with Crippen LogP contribution in [0.1, 0.15) is 32.8 Å². The van der Waals surface area contributed by atoms with E-state index in [0.717, 1.165) is 13.1 Å². The third-order valence-corrected chi connectivity index (χ3v) is 2.54. The predicted octanol–water partition coefficient (Wildman–Crippen LogP) is 2.60. The molecule has 0 atom stereocenters. The first-order chi connectivity index (χ1) is 7.54. The van der Waals surface area contributed by atoms with E-state index in [0.29, 0.717) is 6.42 Å². The van der Waals surface area contributed by atoms with Gasteiger partial charge in [0.1, 0.15) is 0 Å². The summed E-state index contributed by atoms with van der Waals surface area (Å²) in [6, 6.07) is 6.21. The van der Waals surface area contributed by atoms with Crippen LogP contribution in [0.4, 0.5) is 0 Å². The van der Waals surface area contributed by atoms with Gasteiger partial charge in [0.25, 0.3) is 0 Å². The summed E-state index contributed by atoms with van der Waals surface area (Å²) < 4.78 is 0. The molecule has 0 aliphatic rings. The lowest BCUT2D eigenvalue weighted by Crippen LogP contribution is -2.41. The molecule has 1 rings (SSSR count). The first-order valence-corrected chi connectivity index (χ1v) is 5.55. The highest BCUT2D eigenvalue weighted by Gasteiger charge is 2.20. The van der Waals surface area contributed by atoms with Crippen LogP contribution in [0.15, 0.2) is 24.5 Å². The molecule has 0 aromatic carbocycles. The summed E-state index contributed by atoms with van der Waals surface area (Å²) in [5.74, 6) is 0. The van der Waals surface area contributed by atoms with Crippen LogP contribution < -0.4 is 0 Å². The van der Waals surface area contributed by atoms with Crippen LogP contribution in [0.2, 0.25) is 0 Å². The van der Waals surface area contributed by atoms with Crippen molar-refractivity contribution in [1.29, 1.82) is 5.26 Å². The molecule has 0 aliphatic carbocycles. The first kappa shape index (κ1) is 12.7. The molecule has 3 heteroatoms. The number of hydrogen-bond acceptors (Lipinski definition) is 3. The quantitative estimate of drug-likeness (QED) is 0.778. The summed E-state index contributed by atoms with van der Waals surface area (Å²) in [6.45, 7) is 8.15. The fourth-order valence-electron chi connectivity index (χ4n) is 1.55. The van der Waals surface area contributed by atoms with E-state index in [2.05, 4.69) is 42.8 Å². The normalized spacial score (nSPS) is 11.4. The molecule has 0 bridgehead atoms. The molecule has 1 aromatic heterocycles. The fraction of sp³-hybridized carbons (Fsp3) is 0.538. The van der Waals surface area contributed by atoms with Crippen LogP contribution in [0, 0.1) is 11.3 Å². The van der Waals surface area contributed by atoms with E-state index in [1.807, 2.05) is 12.3 Å². The third kappa shape index (κ3) is 4.00. The smallest absolute Gasteiger partial charge is 0.0635 e. The van der Waals surface area contributed by atoms with Crippen molar-refractivity contribution in [2.24, 2.45) is 0 Å². The number of rotatable bonds is 4. The lowest BCUT2D eigenvalue weighted by Gasteiger charge is -2.35. The number of nitriles is 1. The van der Waals surface area contributed by atoms with E-state index >= 15 is 0 Å². The zero-order chi connectivity index (χ0) is 12.0. The lowest BCUT2D eigenvalue weighted by molar-refractivity contribution is 0.131. The molecule has 86 valence electrons. The fourth-order valence-corrected chi connectivity index (χ4v) is 1.55. The van der Waals surface area contributed by atoms with Gasteiger partial charge in [-0.2, -0.15) is 5.26 Å². The Hall–Kier alpha value is -1.40. The van der Waals surface area contributed by atoms with Crippen molar-refractivity contribution in [3.05, 3.63) is 30.1 Å². The Kier molecular flexibility index (Phi) is 4.45. The van der Waals surface area contributed by atoms with Gasteiger partial charge in [-0.1, -0.05) is 6.07 Å². The van der Waals surface area contributed by atoms with Crippen molar-refractivity contribution < 1.29 is 0 Å². The van der Waals surface area contributed by atoms with Gasteiger partial charge in [-0.05, 0) is 32.4 Å². The molecule has 16 heavy (non-hydrogen) atoms. The molecule has 0 amide bonds. The Morgan fingerprint density at radius 1 is 1.44 bits per heavy atom. The van der Waals surface area contributed by atoms with Crippen LogP contribution >= 0.6 is 0 Å². The van der Waals surface area contributed by atoms with Crippen LogP contribution in [0.5, 0.6) is 0 Å². The van der Waals surface area contributed by atoms with Gasteiger partial charge in [0.05, 0.1) is 6.07 Å². The molecular weight excluding hydrogens is 198 g/mol. The van der Waals surface area contributed by atoms with Gasteiger partial charge in [0.15, 0.2) is 0 Å². The van der Waals surface area contributed by atoms with Crippen molar-refractivity contribution in [1.82, 2.24) is 9.88 Å². The molecule has 3 nitrogen and oxygen atoms in total. The van der Waals surface area contributed by atoms with E-state index in [-0.39, 0.29) is 5.54 Å². The molecule has 0 saturated carbocycles. The molecule has 0 unspecified atom stereocenters. The maximum Gasteiger partial charge on any atom is 0.0635 e. The minimum absolute atomic E-state index is 0.0761. The highest BCUT2D eigenvalue weighted by Crippen LogP contribution is 2.16. The van der Waals surface area contributed by atoms with Gasteiger partial charge in [-0.25, -0.2) is 0 Å². The first-order valence-electron chi connectivity index (χ1n) is 5.55. The van der Waals surface area contributed by atoms with Gasteiger partial charge in [-0.3, -0.25) is 9.88 Å². The van der Waals surface area contributed by atoms with Crippen molar-refractivity contribution in [3.8, 4) is 6.07 Å². The Balaban J connectivity index is 2.68. The minimum atomic E-state index is 0.0761. The zero-order valence-electron chi connectivity index (χ0n) is 10.3. The van der Waals surface area contributed by atoms with Crippen LogP contribution in [-0.2, 0) is 6.54 Å². The molecule has 0 fully saturated rings. The monoisotopic (exact) mass is 217 g/mol. The van der Waals surface area contributed by atoms with Gasteiger partial charge in [0.2, 0.25) is 0 Å². The molecule has 0 saturated heterocycles. The van der Waals surface area contributed by atoms with Crippen LogP contribution in [-0.4, -0.2) is 22.0 Å². The van der Waals surface area contributed by atoms with Crippen molar-refractivity contribution >= 4 is 0 Å². The van der Waals surface area contributed by atoms with Gasteiger partial charge >= 0.3 is 0 Å². The summed E-state index contributed by atoms with van der Waals surface area (Å²) in [5, 5.41) is 8.66. The lowest BCUT2D eigenvalue weighted by atomic mass is 10.0. The minimum Gasteiger partial charge on any atom is -0.293 e. The molecular formula is C13H19N3. The van der Waals surface area contributed by atoms with Gasteiger partial charge in [-0.15, -0.1) is 0 Å². The SMILES string of the molecule is CC(C)(C)N(CCC#N)Cc1cccnc1. The van der Waals surface area contributed by atoms with Gasteiger partial charge in [0, 0.05) is 37.4 Å². The van der Waals surface area contributed by atoms with E-state index in [9.17, 15) is 0 Å². The summed E-state index contributed by atoms with van der Waals surface area (Å²) in [4.78, 5) is 6.41. The number of aromatic nitrogens is 1. The topological polar surface area (TPSA) is 39.9 Å². The molecule has 0 spiro atoms. The summed E-state index contributed by atoms with van der Waals surface area (Å²) >= 11 is 0. The average Bonchev–Trinajstić information content (AvgIpc) is 2.24. The van der Waals surface area contributed by atoms with E-state index < -0.39 is 0 Å². The van der Waals surface area contributed by atoms with Gasteiger partial charge < -0.3 is 0 Å². The number of pyridine rings is 1. The maximum absolute atomic E-state index is 8.66. The molecule has 0 radical (unpaired) electrons. The summed E-state index contributed by atoms with van der Waals surface area (Å²) in [5.41, 5.74) is 1.27. The van der Waals surface area contributed by atoms with E-state index in [1.54, 1.807) is 6.20 Å². The average molecular weight is 217 g/mol. The predicted molar refractivity (Wildman–Crippen MR) is 64.6 cm³/mol. The molecule has 0 N–H and O–H groups in total. The van der Waals surface area contributed by atoms with Crippen LogP contribution in [0.3, 0.4) is 0 Å². The zero-order valence-corrected chi connectivity index (χ0v) is 10.3. The Morgan fingerprint density at radius 2 is 2.19 bits per heavy atom. The third-order valence-electron chi connectivity index (χ3n) is 2.54. The van der Waals surface area contributed by atoms with E-state index in [4.69, 9.17) is 5.26 Å². The second-order valence-corrected chi connectivity index (χ2v) is 4.86. The Labute approximate surface area is 97.7 Å². The van der Waals surface area contributed by atoms with Crippen molar-refractivity contribution in [2.75, 3.05) is 6.54 Å². The highest BCUT2D eigenvalue weighted by molar-refractivity contribution is 5.08. The Bertz CT molecular complexity index is 346. The molecule has 1 heterocycles. The second-order valence-electron chi connectivity index (χ2n) is 4.86. The number of nitrogens with zero attached hydrogens (tertiary/aromatic N) is 3. The summed E-state index contributed by atoms with van der Waals surface area (Å²) in [6.07, 6.45) is 4.23. The number of hydrogen-bond donors (Lipinski definition) is 0. The van der Waals surface area contributed by atoms with E-state index in [1.165, 1.54) is 5.56 Å². The van der Waals surface area contributed by atoms with Crippen molar-refractivity contribution in [3.63, 3.8) is 0 Å².